The quantitative estimate of drug-likeness (QED) is 0.933. The van der Waals surface area contributed by atoms with Crippen LogP contribution < -0.4 is 0 Å². The number of hydrogen-bond donors (Lipinski definition) is 1. The Morgan fingerprint density at radius 2 is 1.96 bits per heavy atom. The number of rotatable bonds is 3. The minimum Gasteiger partial charge on any atom is -0.477 e. The molecule has 1 atom stereocenters. The zero-order valence-electron chi connectivity index (χ0n) is 12.6. The van der Waals surface area contributed by atoms with Gasteiger partial charge in [0.2, 0.25) is 0 Å². The Balaban J connectivity index is 1.86. The third-order valence-electron chi connectivity index (χ3n) is 4.07. The van der Waals surface area contributed by atoms with Crippen LogP contribution in [-0.2, 0) is 13.1 Å². The highest BCUT2D eigenvalue weighted by Crippen LogP contribution is 2.40. The summed E-state index contributed by atoms with van der Waals surface area (Å²) in [6, 6.07) is 11.1. The Hall–Kier alpha value is -2.41. The molecule has 2 aromatic rings. The van der Waals surface area contributed by atoms with E-state index in [1.807, 2.05) is 0 Å². The number of carboxylic acids is 1. The van der Waals surface area contributed by atoms with Crippen LogP contribution in [-0.4, -0.2) is 33.7 Å². The molecule has 0 aliphatic carbocycles. The zero-order valence-corrected chi connectivity index (χ0v) is 12.6. The maximum atomic E-state index is 13.4. The Kier molecular flexibility index (Phi) is 4.28. The number of hydrogen-bond acceptors (Lipinski definition) is 3. The minimum absolute atomic E-state index is 0.114. The minimum atomic E-state index is -4.33. The van der Waals surface area contributed by atoms with Gasteiger partial charge in [-0.1, -0.05) is 30.3 Å². The molecular weight excluding hydrogens is 321 g/mol. The largest absolute Gasteiger partial charge is 0.477 e. The monoisotopic (exact) mass is 336 g/mol. The fourth-order valence-electron chi connectivity index (χ4n) is 3.00. The molecule has 1 aromatic carbocycles. The molecule has 7 heteroatoms. The second-order valence-electron chi connectivity index (χ2n) is 5.78. The lowest BCUT2D eigenvalue weighted by Gasteiger charge is -2.35. The lowest BCUT2D eigenvalue weighted by molar-refractivity contribution is -0.157. The molecule has 1 aromatic heterocycles. The highest BCUT2D eigenvalue weighted by atomic mass is 19.4. The second-order valence-corrected chi connectivity index (χ2v) is 5.78. The Morgan fingerprint density at radius 3 is 2.67 bits per heavy atom. The molecule has 0 saturated heterocycles. The van der Waals surface area contributed by atoms with Gasteiger partial charge in [0.15, 0.2) is 0 Å². The summed E-state index contributed by atoms with van der Waals surface area (Å²) in [7, 11) is 0. The second kappa shape index (κ2) is 6.24. The number of halogens is 3. The molecule has 0 bridgehead atoms. The lowest BCUT2D eigenvalue weighted by atomic mass is 9.89. The van der Waals surface area contributed by atoms with Gasteiger partial charge in [-0.2, -0.15) is 13.2 Å². The van der Waals surface area contributed by atoms with Crippen LogP contribution in [0.15, 0.2) is 42.5 Å². The number of fused-ring (bicyclic) bond motifs is 1. The molecule has 0 saturated carbocycles. The molecule has 0 radical (unpaired) electrons. The molecule has 1 N–H and O–H groups in total. The standard InChI is InChI=1S/C17H15F3N2O2/c18-17(19,20)14-10-22(8-11-4-1-2-6-13(11)14)9-12-5-3-7-15(21-12)16(23)24/h1-7,14H,8-10H2,(H,23,24). The van der Waals surface area contributed by atoms with Crippen LogP contribution in [0.3, 0.4) is 0 Å². The van der Waals surface area contributed by atoms with Crippen molar-refractivity contribution in [3.05, 3.63) is 65.0 Å². The van der Waals surface area contributed by atoms with Crippen LogP contribution in [0.1, 0.15) is 33.2 Å². The van der Waals surface area contributed by atoms with Crippen molar-refractivity contribution in [2.75, 3.05) is 6.54 Å². The third kappa shape index (κ3) is 3.41. The number of aromatic carboxylic acids is 1. The van der Waals surface area contributed by atoms with Crippen LogP contribution in [0.5, 0.6) is 0 Å². The normalized spacial score (nSPS) is 18.2. The third-order valence-corrected chi connectivity index (χ3v) is 4.07. The van der Waals surface area contributed by atoms with Crippen molar-refractivity contribution < 1.29 is 23.1 Å². The van der Waals surface area contributed by atoms with Crippen LogP contribution in [0.2, 0.25) is 0 Å². The van der Waals surface area contributed by atoms with Gasteiger partial charge in [0, 0.05) is 19.6 Å². The van der Waals surface area contributed by atoms with Crippen molar-refractivity contribution in [2.24, 2.45) is 0 Å². The molecular formula is C17H15F3N2O2. The Morgan fingerprint density at radius 1 is 1.21 bits per heavy atom. The summed E-state index contributed by atoms with van der Waals surface area (Å²) in [5.74, 6) is -2.71. The van der Waals surface area contributed by atoms with Crippen molar-refractivity contribution >= 4 is 5.97 Å². The first-order valence-electron chi connectivity index (χ1n) is 7.40. The van der Waals surface area contributed by atoms with Gasteiger partial charge in [-0.3, -0.25) is 4.90 Å². The van der Waals surface area contributed by atoms with E-state index in [1.54, 1.807) is 35.2 Å². The number of alkyl halides is 3. The summed E-state index contributed by atoms with van der Waals surface area (Å²) in [6.07, 6.45) is -4.33. The van der Waals surface area contributed by atoms with Crippen molar-refractivity contribution in [3.8, 4) is 0 Å². The predicted octanol–water partition coefficient (Wildman–Crippen LogP) is 3.44. The van der Waals surface area contributed by atoms with Crippen LogP contribution in [0.4, 0.5) is 13.2 Å². The first-order chi connectivity index (χ1) is 11.3. The van der Waals surface area contributed by atoms with Gasteiger partial charge in [-0.25, -0.2) is 9.78 Å². The molecule has 1 unspecified atom stereocenters. The fourth-order valence-corrected chi connectivity index (χ4v) is 3.00. The van der Waals surface area contributed by atoms with E-state index in [4.69, 9.17) is 5.11 Å². The number of pyridine rings is 1. The molecule has 1 aliphatic heterocycles. The van der Waals surface area contributed by atoms with Gasteiger partial charge in [0.05, 0.1) is 11.6 Å². The molecule has 4 nitrogen and oxygen atoms in total. The van der Waals surface area contributed by atoms with Gasteiger partial charge in [0.1, 0.15) is 5.69 Å². The smallest absolute Gasteiger partial charge is 0.396 e. The van der Waals surface area contributed by atoms with Gasteiger partial charge in [0.25, 0.3) is 0 Å². The number of aromatic nitrogens is 1. The van der Waals surface area contributed by atoms with Crippen molar-refractivity contribution in [2.45, 2.75) is 25.2 Å². The summed E-state index contributed by atoms with van der Waals surface area (Å²) in [6.45, 7) is 0.378. The Labute approximate surface area is 136 Å². The molecule has 126 valence electrons. The summed E-state index contributed by atoms with van der Waals surface area (Å²) in [5, 5.41) is 8.97. The van der Waals surface area contributed by atoms with Crippen LogP contribution >= 0.6 is 0 Å². The Bertz CT molecular complexity index is 761. The highest BCUT2D eigenvalue weighted by molar-refractivity contribution is 5.85. The molecule has 2 heterocycles. The van der Waals surface area contributed by atoms with Gasteiger partial charge < -0.3 is 5.11 Å². The maximum Gasteiger partial charge on any atom is 0.396 e. The van der Waals surface area contributed by atoms with Crippen LogP contribution in [0, 0.1) is 0 Å². The fraction of sp³-hybridized carbons (Fsp3) is 0.294. The highest BCUT2D eigenvalue weighted by Gasteiger charge is 2.44. The number of benzene rings is 1. The first kappa shape index (κ1) is 16.4. The summed E-state index contributed by atoms with van der Waals surface area (Å²) in [5.41, 5.74) is 1.28. The van der Waals surface area contributed by atoms with E-state index in [0.717, 1.165) is 0 Å². The van der Waals surface area contributed by atoms with Crippen molar-refractivity contribution in [1.29, 1.82) is 0 Å². The molecule has 1 aliphatic rings. The van der Waals surface area contributed by atoms with E-state index in [9.17, 15) is 18.0 Å². The van der Waals surface area contributed by atoms with Crippen molar-refractivity contribution in [1.82, 2.24) is 9.88 Å². The number of nitrogens with zero attached hydrogens (tertiary/aromatic N) is 2. The first-order valence-corrected chi connectivity index (χ1v) is 7.40. The van der Waals surface area contributed by atoms with Crippen molar-refractivity contribution in [3.63, 3.8) is 0 Å². The van der Waals surface area contributed by atoms with Gasteiger partial charge in [-0.15, -0.1) is 0 Å². The zero-order chi connectivity index (χ0) is 17.3. The SMILES string of the molecule is O=C(O)c1cccc(CN2Cc3ccccc3C(C(F)(F)F)C2)n1. The molecule has 0 amide bonds. The average molecular weight is 336 g/mol. The molecule has 0 spiro atoms. The topological polar surface area (TPSA) is 53.4 Å². The van der Waals surface area contributed by atoms with E-state index in [-0.39, 0.29) is 18.8 Å². The summed E-state index contributed by atoms with van der Waals surface area (Å²) < 4.78 is 40.1. The number of carbonyl (C=O) groups is 1. The van der Waals surface area contributed by atoms with Crippen LogP contribution in [0.25, 0.3) is 0 Å². The lowest BCUT2D eigenvalue weighted by Crippen LogP contribution is -2.39. The summed E-state index contributed by atoms with van der Waals surface area (Å²) in [4.78, 5) is 16.6. The van der Waals surface area contributed by atoms with E-state index in [0.29, 0.717) is 23.4 Å². The number of carboxylic acid groups (broad SMARTS) is 1. The molecule has 24 heavy (non-hydrogen) atoms. The predicted molar refractivity (Wildman–Crippen MR) is 80.5 cm³/mol. The van der Waals surface area contributed by atoms with E-state index in [2.05, 4.69) is 4.98 Å². The van der Waals surface area contributed by atoms with E-state index in [1.165, 1.54) is 12.1 Å². The molecule has 3 rings (SSSR count). The molecule has 0 fully saturated rings. The van der Waals surface area contributed by atoms with E-state index < -0.39 is 18.1 Å². The summed E-state index contributed by atoms with van der Waals surface area (Å²) >= 11 is 0. The maximum absolute atomic E-state index is 13.4. The van der Waals surface area contributed by atoms with E-state index >= 15 is 0 Å². The van der Waals surface area contributed by atoms with Gasteiger partial charge >= 0.3 is 12.1 Å². The average Bonchev–Trinajstić information content (AvgIpc) is 2.53. The van der Waals surface area contributed by atoms with Gasteiger partial charge in [-0.05, 0) is 23.3 Å².